The molecule has 0 bridgehead atoms. The van der Waals surface area contributed by atoms with Crippen LogP contribution >= 0.6 is 0 Å². The zero-order valence-corrected chi connectivity index (χ0v) is 7.30. The second-order valence-corrected chi connectivity index (χ2v) is 3.09. The molecule has 1 aliphatic rings. The first kappa shape index (κ1) is 7.35. The highest BCUT2D eigenvalue weighted by atomic mass is 14.1. The van der Waals surface area contributed by atoms with Crippen molar-refractivity contribution in [2.75, 3.05) is 0 Å². The summed E-state index contributed by atoms with van der Waals surface area (Å²) < 4.78 is 0. The van der Waals surface area contributed by atoms with Crippen LogP contribution in [-0.2, 0) is 0 Å². The molecule has 60 valence electrons. The van der Waals surface area contributed by atoms with Gasteiger partial charge in [0.2, 0.25) is 0 Å². The Bertz CT molecular complexity index is 436. The predicted octanol–water partition coefficient (Wildman–Crippen LogP) is 1.68. The Morgan fingerprint density at radius 2 is 2.08 bits per heavy atom. The minimum Gasteiger partial charge on any atom is -0.0911 e. The molecule has 0 amide bonds. The van der Waals surface area contributed by atoms with Crippen LogP contribution in [0.3, 0.4) is 0 Å². The Hall–Kier alpha value is -1.30. The van der Waals surface area contributed by atoms with Gasteiger partial charge in [0.15, 0.2) is 0 Å². The minimum absolute atomic E-state index is 1.09. The quantitative estimate of drug-likeness (QED) is 0.580. The van der Waals surface area contributed by atoms with Gasteiger partial charge in [-0.2, -0.15) is 0 Å². The van der Waals surface area contributed by atoms with E-state index >= 15 is 0 Å². The van der Waals surface area contributed by atoms with Gasteiger partial charge in [-0.15, -0.1) is 0 Å². The first-order valence-electron chi connectivity index (χ1n) is 4.32. The van der Waals surface area contributed by atoms with Gasteiger partial charge in [0.1, 0.15) is 0 Å². The van der Waals surface area contributed by atoms with Crippen molar-refractivity contribution in [1.82, 2.24) is 0 Å². The first-order valence-corrected chi connectivity index (χ1v) is 4.32. The van der Waals surface area contributed by atoms with Gasteiger partial charge in [-0.25, -0.2) is 0 Å². The second-order valence-electron chi connectivity index (χ2n) is 3.09. The van der Waals surface area contributed by atoms with E-state index in [1.54, 1.807) is 0 Å². The lowest BCUT2D eigenvalue weighted by Gasteiger charge is -1.94. The lowest BCUT2D eigenvalue weighted by Crippen LogP contribution is -2.25. The molecule has 1 aliphatic carbocycles. The molecule has 0 heteroatoms. The number of allylic oxidation sites excluding steroid dienone is 1. The van der Waals surface area contributed by atoms with Crippen molar-refractivity contribution in [3.63, 3.8) is 0 Å². The molecule has 0 atom stereocenters. The lowest BCUT2D eigenvalue weighted by molar-refractivity contribution is 1.24. The summed E-state index contributed by atoms with van der Waals surface area (Å²) in [5, 5.41) is 2.49. The SMILES string of the molecule is C=c1cccc2c1=C(CC)C=C2. The summed E-state index contributed by atoms with van der Waals surface area (Å²) in [5.41, 5.74) is 2.73. The number of benzene rings is 1. The normalized spacial score (nSPS) is 13.6. The molecular formula is C12H12. The molecule has 1 aromatic carbocycles. The van der Waals surface area contributed by atoms with Gasteiger partial charge < -0.3 is 0 Å². The minimum atomic E-state index is 1.09. The second kappa shape index (κ2) is 2.63. The fourth-order valence-corrected chi connectivity index (χ4v) is 1.72. The smallest absolute Gasteiger partial charge is 0.00854 e. The van der Waals surface area contributed by atoms with Crippen LogP contribution in [0, 0.1) is 0 Å². The van der Waals surface area contributed by atoms with Gasteiger partial charge in [-0.3, -0.25) is 0 Å². The van der Waals surface area contributed by atoms with E-state index in [9.17, 15) is 0 Å². The summed E-state index contributed by atoms with van der Waals surface area (Å²) in [5.74, 6) is 0. The molecule has 0 saturated heterocycles. The molecule has 1 aromatic rings. The van der Waals surface area contributed by atoms with Gasteiger partial charge in [0, 0.05) is 0 Å². The first-order chi connectivity index (χ1) is 5.83. The number of hydrogen-bond acceptors (Lipinski definition) is 0. The zero-order chi connectivity index (χ0) is 8.55. The van der Waals surface area contributed by atoms with Crippen molar-refractivity contribution in [1.29, 1.82) is 0 Å². The third-order valence-electron chi connectivity index (χ3n) is 2.35. The van der Waals surface area contributed by atoms with Crippen molar-refractivity contribution < 1.29 is 0 Å². The summed E-state index contributed by atoms with van der Waals surface area (Å²) in [4.78, 5) is 0. The molecule has 0 unspecified atom stereocenters. The van der Waals surface area contributed by atoms with Crippen molar-refractivity contribution in [3.8, 4) is 0 Å². The topological polar surface area (TPSA) is 0 Å². The summed E-state index contributed by atoms with van der Waals surface area (Å²) in [6, 6.07) is 6.27. The van der Waals surface area contributed by atoms with E-state index in [0.717, 1.165) is 11.6 Å². The fourth-order valence-electron chi connectivity index (χ4n) is 1.72. The molecule has 0 spiro atoms. The number of fused-ring (bicyclic) bond motifs is 1. The molecule has 0 aromatic heterocycles. The van der Waals surface area contributed by atoms with Crippen molar-refractivity contribution in [2.45, 2.75) is 13.3 Å². The molecule has 2 rings (SSSR count). The van der Waals surface area contributed by atoms with E-state index in [2.05, 4.69) is 43.9 Å². The molecule has 0 N–H and O–H groups in total. The zero-order valence-electron chi connectivity index (χ0n) is 7.30. The average molecular weight is 156 g/mol. The van der Waals surface area contributed by atoms with Gasteiger partial charge >= 0.3 is 0 Å². The summed E-state index contributed by atoms with van der Waals surface area (Å²) in [6.45, 7) is 6.21. The van der Waals surface area contributed by atoms with E-state index in [1.165, 1.54) is 16.4 Å². The molecule has 0 saturated carbocycles. The molecule has 0 fully saturated rings. The number of hydrogen-bond donors (Lipinski definition) is 0. The van der Waals surface area contributed by atoms with Crippen molar-refractivity contribution in [2.24, 2.45) is 0 Å². The summed E-state index contributed by atoms with van der Waals surface area (Å²) >= 11 is 0. The Balaban J connectivity index is 2.90. The molecule has 0 nitrogen and oxygen atoms in total. The molecule has 12 heavy (non-hydrogen) atoms. The third kappa shape index (κ3) is 0.918. The Labute approximate surface area is 72.5 Å². The Morgan fingerprint density at radius 3 is 2.83 bits per heavy atom. The van der Waals surface area contributed by atoms with Crippen molar-refractivity contribution in [3.05, 3.63) is 40.3 Å². The van der Waals surface area contributed by atoms with Crippen LogP contribution in [0.1, 0.15) is 18.9 Å². The van der Waals surface area contributed by atoms with Gasteiger partial charge in [-0.05, 0) is 28.0 Å². The summed E-state index contributed by atoms with van der Waals surface area (Å²) in [7, 11) is 0. The molecule has 0 radical (unpaired) electrons. The van der Waals surface area contributed by atoms with Gasteiger partial charge in [-0.1, -0.05) is 43.9 Å². The van der Waals surface area contributed by atoms with Crippen LogP contribution in [0.25, 0.3) is 18.2 Å². The Morgan fingerprint density at radius 1 is 1.25 bits per heavy atom. The highest BCUT2D eigenvalue weighted by Gasteiger charge is 2.02. The van der Waals surface area contributed by atoms with E-state index in [-0.39, 0.29) is 0 Å². The largest absolute Gasteiger partial charge is 0.0911 e. The highest BCUT2D eigenvalue weighted by molar-refractivity contribution is 5.75. The van der Waals surface area contributed by atoms with Gasteiger partial charge in [0.05, 0.1) is 0 Å². The van der Waals surface area contributed by atoms with E-state index in [4.69, 9.17) is 0 Å². The molecule has 0 heterocycles. The van der Waals surface area contributed by atoms with Gasteiger partial charge in [0.25, 0.3) is 0 Å². The molecular weight excluding hydrogens is 144 g/mol. The van der Waals surface area contributed by atoms with Crippen LogP contribution in [0.15, 0.2) is 24.3 Å². The van der Waals surface area contributed by atoms with Crippen LogP contribution in [0.4, 0.5) is 0 Å². The Kier molecular flexibility index (Phi) is 1.61. The standard InChI is InChI=1S/C12H12/c1-3-10-7-8-11-6-4-5-9(2)12(10)11/h4-8H,2-3H2,1H3. The van der Waals surface area contributed by atoms with E-state index in [1.807, 2.05) is 0 Å². The van der Waals surface area contributed by atoms with Crippen molar-refractivity contribution >= 4 is 18.2 Å². The van der Waals surface area contributed by atoms with Crippen LogP contribution in [0.2, 0.25) is 0 Å². The maximum Gasteiger partial charge on any atom is -0.00854 e. The van der Waals surface area contributed by atoms with E-state index in [0.29, 0.717) is 0 Å². The van der Waals surface area contributed by atoms with E-state index < -0.39 is 0 Å². The average Bonchev–Trinajstić information content (AvgIpc) is 2.49. The summed E-state index contributed by atoms with van der Waals surface area (Å²) in [6.07, 6.45) is 5.46. The fraction of sp³-hybridized carbons (Fsp3) is 0.167. The monoisotopic (exact) mass is 156 g/mol. The number of rotatable bonds is 1. The maximum atomic E-state index is 4.03. The van der Waals surface area contributed by atoms with Crippen LogP contribution < -0.4 is 10.4 Å². The van der Waals surface area contributed by atoms with Crippen LogP contribution in [-0.4, -0.2) is 0 Å². The molecule has 0 aliphatic heterocycles. The lowest BCUT2D eigenvalue weighted by atomic mass is 10.1. The van der Waals surface area contributed by atoms with Crippen LogP contribution in [0.5, 0.6) is 0 Å². The predicted molar refractivity (Wildman–Crippen MR) is 53.9 cm³/mol. The third-order valence-corrected chi connectivity index (χ3v) is 2.35. The highest BCUT2D eigenvalue weighted by Crippen LogP contribution is 2.10. The maximum absolute atomic E-state index is 4.03.